The molecular weight excluding hydrogens is 1950 g/mol. The Morgan fingerprint density at radius 2 is 0.824 bits per heavy atom. The summed E-state index contributed by atoms with van der Waals surface area (Å²) < 4.78 is 33.4. The predicted octanol–water partition coefficient (Wildman–Crippen LogP) is 8.73. The van der Waals surface area contributed by atoms with Gasteiger partial charge in [0.05, 0.1) is 35.3 Å². The molecule has 0 aliphatic carbocycles. The van der Waals surface area contributed by atoms with E-state index >= 15 is 0 Å². The number of likely N-dealkylation sites (tertiary alicyclic amines) is 3. The van der Waals surface area contributed by atoms with Crippen LogP contribution in [0, 0.1) is 101 Å². The van der Waals surface area contributed by atoms with Crippen LogP contribution in [-0.4, -0.2) is 262 Å². The van der Waals surface area contributed by atoms with Crippen molar-refractivity contribution in [3.8, 4) is 0 Å². The first kappa shape index (κ1) is 152. The number of carbonyl (C=O) groups excluding carboxylic acids is 12. The van der Waals surface area contributed by atoms with Crippen molar-refractivity contribution in [1.29, 1.82) is 21.6 Å². The van der Waals surface area contributed by atoms with Crippen molar-refractivity contribution in [2.75, 3.05) is 0 Å². The smallest absolute Gasteiger partial charge is 0.668 e. The first-order chi connectivity index (χ1) is 64.9. The minimum Gasteiger partial charge on any atom is -0.668 e. The van der Waals surface area contributed by atoms with Crippen LogP contribution < -0.4 is 83.0 Å². The zero-order valence-corrected chi connectivity index (χ0v) is 101. The van der Waals surface area contributed by atoms with Crippen LogP contribution in [0.2, 0.25) is 157 Å². The molecule has 48 heteroatoms. The second-order valence-electron chi connectivity index (χ2n) is 45.7. The van der Waals surface area contributed by atoms with Gasteiger partial charge in [-0.05, 0) is 132 Å². The van der Waals surface area contributed by atoms with Gasteiger partial charge in [0, 0.05) is 77.4 Å². The standard InChI is InChI=1S/C22H32B2N3O5.C20H28B2N3O5.C19H25NO3.C7H12BN2O2.C6H10BN2O2.3C6H18NSi2.C5H9NO.3CH4.3Li/c1-14-7-9-15(10-8-14)17(28)11-21(2,3)16(12-23-32-13-25)19(29)27-20(30)18(22(27,4)5)26-24(6)31;1-12-5-7-15(8-6-12)17(26)9-13(2)16(10-21-30-11-23)19(27)25-14(3)18(20(25)28)24-22(4)29;1-11-6-8-16(9-7-11)17(21)10-12(2)13(3)18(22)20-15(5)14(4)19(20)23;1-7(2)5(6(11)10-7)3-8-12-4-9;1-4-5(6(10)9-4)2-7-11-3-8;3*1-8(2,3)7-9(4,5)6;1-3-4(2)6-5(3)7;;;;;;/h7-10,13,16,18,25-26,31H,11-12H2,1-6H3;5-8,11,13-14,16,18,23-24,29H,9-10H2,1-4H3;6-9,12-15H,10H2,1-5H3;4-5,9H,3H2,1-2H3,(H,10,11);3-5,8H,2H2,1H3,(H,9,10);3*1-6H3;3-4H,1-2H3,(H,6,7);3*1H4;;;/q;;;;;3*-1;;;;;3*+1/t16-,18?;13-,14+,16+,18?;12-,13-,14-,15+;5-;4-,5+;;;;3-,4+;;;;;;/m00000...1....../s1. The van der Waals surface area contributed by atoms with E-state index in [4.69, 9.17) is 44.9 Å². The Morgan fingerprint density at radius 3 is 1.12 bits per heavy atom. The number of hydrogen-bond donors (Lipinski definition) is 11. The molecule has 810 valence electrons. The second-order valence-corrected chi connectivity index (χ2v) is 74.4. The van der Waals surface area contributed by atoms with Gasteiger partial charge < -0.3 is 69.0 Å². The Bertz CT molecular complexity index is 4580. The fraction of sp³-hybridized carbons (Fsp3) is 0.660. The number of Topliss-reactive ketones (excluding diaryl/α,β-unsaturated/α-hetero) is 3. The molecule has 9 amide bonds. The number of nitrogens with zero attached hydrogens (tertiary/aromatic N) is 6. The van der Waals surface area contributed by atoms with Gasteiger partial charge in [-0.15, -0.1) is 0 Å². The number of imide groups is 3. The van der Waals surface area contributed by atoms with Crippen molar-refractivity contribution < 1.29 is 143 Å². The van der Waals surface area contributed by atoms with Gasteiger partial charge in [0.1, 0.15) is 37.7 Å². The van der Waals surface area contributed by atoms with Crippen LogP contribution in [-0.2, 0) is 61.8 Å². The number of rotatable bonds is 41. The SMILES string of the molecule is C.C.C.CB(O)NC1C(=O)N(C(=O)[C@H](C[B]OC=N)C(C)(C)CC(=O)c2ccc(C)cc2)C1(C)C.CB(O)NC1C(=O)N(C(=O)[C@H](C[B]OC=N)[C@@H](C)CC(=O)c2ccc(C)cc2)[C@@H]1C.CC1(C)NC(=O)[C@@H]1C[B]OC=N.C[C@@H]1NC(=O)[C@@H]1C.C[C@@H]1NC(=O)[C@@H]1C[B]OC=N.C[Si](C)(C)[N-][Si](C)(C)C.C[Si](C)(C)[N-][Si](C)(C)C.C[Si](C)(C)[N-][Si](C)(C)C.Cc1ccc(C(=O)C[C@H](C)[C@H](C)C(=O)N2C(=O)[C@@H](C)[C@H]2C)cc1.[Li+].[Li+].[Li+]. The molecule has 6 saturated heterocycles. The number of β-lactam (4-membered cyclic amide) rings is 6. The third-order valence-corrected chi connectivity index (χ3v) is 40.3. The molecule has 15 atom stereocenters. The number of amides is 9. The van der Waals surface area contributed by atoms with Gasteiger partial charge in [-0.1, -0.05) is 327 Å². The molecule has 6 fully saturated rings. The second kappa shape index (κ2) is 68.1. The maximum absolute atomic E-state index is 13.6. The van der Waals surface area contributed by atoms with E-state index in [-0.39, 0.29) is 216 Å². The number of ketones is 3. The Hall–Kier alpha value is -6.42. The summed E-state index contributed by atoms with van der Waals surface area (Å²) in [5.74, 6) is -3.69. The van der Waals surface area contributed by atoms with E-state index < -0.39 is 122 Å². The molecular formula is C100H182B6Li3N15O18Si6. The molecule has 6 aliphatic rings. The summed E-state index contributed by atoms with van der Waals surface area (Å²) in [7, 11) is -2.75. The Labute approximate surface area is 936 Å². The fourth-order valence-corrected chi connectivity index (χ4v) is 40.9. The minimum atomic E-state index is -1.11. The summed E-state index contributed by atoms with van der Waals surface area (Å²) >= 11 is 0. The molecule has 3 aromatic rings. The Balaban J connectivity index is -0.000000401. The molecule has 148 heavy (non-hydrogen) atoms. The maximum atomic E-state index is 13.6. The maximum Gasteiger partial charge on any atom is 1.00 e. The fourth-order valence-electron chi connectivity index (χ4n) is 16.8. The van der Waals surface area contributed by atoms with Crippen LogP contribution in [0.15, 0.2) is 72.8 Å². The van der Waals surface area contributed by atoms with Crippen LogP contribution in [0.4, 0.5) is 0 Å². The van der Waals surface area contributed by atoms with Crippen molar-refractivity contribution in [2.45, 2.75) is 370 Å². The minimum absolute atomic E-state index is 0. The first-order valence-electron chi connectivity index (χ1n) is 49.2. The Morgan fingerprint density at radius 1 is 0.473 bits per heavy atom. The first-order valence-corrected chi connectivity index (χ1v) is 69.9. The molecule has 4 radical (unpaired) electrons. The largest absolute Gasteiger partial charge is 1.00 e. The summed E-state index contributed by atoms with van der Waals surface area (Å²) in [5, 5.41) is 60.0. The molecule has 9 rings (SSSR count). The van der Waals surface area contributed by atoms with Crippen molar-refractivity contribution >= 4 is 190 Å². The topological polar surface area (TPSA) is 490 Å². The average molecular weight is 2140 g/mol. The van der Waals surface area contributed by atoms with E-state index in [1.807, 2.05) is 139 Å². The molecule has 0 aromatic heterocycles. The van der Waals surface area contributed by atoms with Crippen molar-refractivity contribution in [3.05, 3.63) is 120 Å². The van der Waals surface area contributed by atoms with Crippen molar-refractivity contribution in [3.63, 3.8) is 0 Å². The van der Waals surface area contributed by atoms with E-state index in [1.165, 1.54) is 58.3 Å². The van der Waals surface area contributed by atoms with Crippen LogP contribution in [0.5, 0.6) is 0 Å². The molecule has 0 saturated carbocycles. The van der Waals surface area contributed by atoms with Gasteiger partial charge in [0.2, 0.25) is 53.2 Å². The normalized spacial score (nSPS) is 20.2. The monoisotopic (exact) mass is 2140 g/mol. The van der Waals surface area contributed by atoms with E-state index in [2.05, 4.69) is 154 Å². The van der Waals surface area contributed by atoms with Crippen LogP contribution >= 0.6 is 0 Å². The number of hydrogen-bond acceptors (Lipinski definition) is 24. The zero-order chi connectivity index (χ0) is 110. The summed E-state index contributed by atoms with van der Waals surface area (Å²) in [4.78, 5) is 150. The van der Waals surface area contributed by atoms with Gasteiger partial charge in [-0.25, -0.2) is 0 Å². The molecule has 0 spiro atoms. The van der Waals surface area contributed by atoms with Crippen LogP contribution in [0.3, 0.4) is 0 Å². The van der Waals surface area contributed by atoms with Crippen LogP contribution in [0.25, 0.3) is 13.9 Å². The van der Waals surface area contributed by atoms with E-state index in [0.29, 0.717) is 41.8 Å². The number of aryl methyl sites for hydroxylation is 3. The number of carbonyl (C=O) groups is 12. The summed E-state index contributed by atoms with van der Waals surface area (Å²) in [6.07, 6.45) is 5.21. The molecule has 6 heterocycles. The molecule has 6 aliphatic heterocycles. The molecule has 2 unspecified atom stereocenters. The van der Waals surface area contributed by atoms with Gasteiger partial charge in [0.15, 0.2) is 17.3 Å². The van der Waals surface area contributed by atoms with E-state index in [9.17, 15) is 67.6 Å². The quantitative estimate of drug-likeness (QED) is 0.00631. The van der Waals surface area contributed by atoms with Gasteiger partial charge >= 0.3 is 101 Å². The Kier molecular flexibility index (Phi) is 70.0. The van der Waals surface area contributed by atoms with Crippen molar-refractivity contribution in [2.24, 2.45) is 58.7 Å². The number of benzene rings is 3. The predicted molar refractivity (Wildman–Crippen MR) is 614 cm³/mol. The van der Waals surface area contributed by atoms with E-state index in [1.54, 1.807) is 58.9 Å². The van der Waals surface area contributed by atoms with Gasteiger partial charge in [-0.2, -0.15) is 0 Å². The molecule has 11 N–H and O–H groups in total. The van der Waals surface area contributed by atoms with E-state index in [0.717, 1.165) is 42.3 Å². The third-order valence-electron chi connectivity index (χ3n) is 24.2. The van der Waals surface area contributed by atoms with Gasteiger partial charge in [-0.3, -0.25) is 93.9 Å². The summed E-state index contributed by atoms with van der Waals surface area (Å²) in [5.41, 5.74) is 3.26. The average Bonchev–Trinajstić information content (AvgIpc) is 0.720. The summed E-state index contributed by atoms with van der Waals surface area (Å²) in [6.45, 7) is 78.2. The van der Waals surface area contributed by atoms with Crippen molar-refractivity contribution in [1.82, 2.24) is 41.1 Å². The third kappa shape index (κ3) is 53.6. The molecule has 3 aromatic carbocycles. The summed E-state index contributed by atoms with van der Waals surface area (Å²) in [6, 6.07) is 20.9. The molecule has 0 bridgehead atoms. The van der Waals surface area contributed by atoms with Gasteiger partial charge in [0.25, 0.3) is 0 Å². The molecule has 33 nitrogen and oxygen atoms in total. The van der Waals surface area contributed by atoms with Crippen LogP contribution in [0.1, 0.15) is 193 Å². The number of nitrogens with one attached hydrogen (secondary N) is 9. The zero-order valence-electron chi connectivity index (χ0n) is 95.4.